The van der Waals surface area contributed by atoms with Gasteiger partial charge in [-0.25, -0.2) is 0 Å². The molecule has 0 aromatic heterocycles. The lowest BCUT2D eigenvalue weighted by Gasteiger charge is -2.62. The maximum Gasteiger partial charge on any atom is 0.196 e. The molecule has 3 aromatic carbocycles. The van der Waals surface area contributed by atoms with Crippen molar-refractivity contribution in [3.05, 3.63) is 98.6 Å². The van der Waals surface area contributed by atoms with Crippen LogP contribution in [-0.4, -0.2) is 157 Å². The first-order valence-corrected chi connectivity index (χ1v) is 24.9. The second-order valence-electron chi connectivity index (χ2n) is 22.3. The summed E-state index contributed by atoms with van der Waals surface area (Å²) in [5.74, 6) is 2.02. The maximum atomic E-state index is 12.6. The predicted molar refractivity (Wildman–Crippen MR) is 254 cm³/mol. The van der Waals surface area contributed by atoms with Gasteiger partial charge in [0.2, 0.25) is 0 Å². The number of hydrogen-bond acceptors (Lipinski definition) is 15. The van der Waals surface area contributed by atoms with Gasteiger partial charge >= 0.3 is 0 Å². The Morgan fingerprint density at radius 3 is 1.33 bits per heavy atom. The van der Waals surface area contributed by atoms with Crippen LogP contribution in [0.4, 0.5) is 0 Å². The van der Waals surface area contributed by atoms with Gasteiger partial charge in [-0.05, 0) is 121 Å². The second-order valence-corrected chi connectivity index (χ2v) is 22.3. The summed E-state index contributed by atoms with van der Waals surface area (Å²) in [5, 5.41) is 64.1. The van der Waals surface area contributed by atoms with Crippen molar-refractivity contribution in [1.29, 1.82) is 0 Å². The topological polar surface area (TPSA) is 210 Å². The van der Waals surface area contributed by atoms with Gasteiger partial charge in [0.05, 0.1) is 47.3 Å². The van der Waals surface area contributed by atoms with E-state index in [0.29, 0.717) is 54.9 Å². The van der Waals surface area contributed by atoms with Gasteiger partial charge in [-0.1, -0.05) is 43.8 Å². The van der Waals surface area contributed by atoms with Crippen LogP contribution in [0.1, 0.15) is 102 Å². The number of aliphatic hydroxyl groups excluding tert-OH is 3. The summed E-state index contributed by atoms with van der Waals surface area (Å²) < 4.78 is 18.3. The molecular weight excluding hydrogens is 895 g/mol. The zero-order chi connectivity index (χ0) is 47.9. The summed E-state index contributed by atoms with van der Waals surface area (Å²) >= 11 is 0. The number of carbonyl (C=O) groups is 3. The quantitative estimate of drug-likeness (QED) is 0.222. The fourth-order valence-corrected chi connectivity index (χ4v) is 16.8. The molecule has 2 saturated carbocycles. The Bertz CT molecular complexity index is 2690. The number of ether oxygens (including phenoxy) is 3. The normalized spacial score (nSPS) is 39.9. The smallest absolute Gasteiger partial charge is 0.196 e. The van der Waals surface area contributed by atoms with Gasteiger partial charge in [0.1, 0.15) is 22.8 Å². The number of rotatable bonds is 3. The van der Waals surface area contributed by atoms with Crippen molar-refractivity contribution in [3.8, 4) is 17.2 Å². The molecule has 15 nitrogen and oxygen atoms in total. The van der Waals surface area contributed by atoms with Crippen LogP contribution in [0, 0.1) is 0 Å². The molecule has 6 N–H and O–H groups in total. The summed E-state index contributed by atoms with van der Waals surface area (Å²) in [4.78, 5) is 44.5. The Kier molecular flexibility index (Phi) is 10.1. The highest BCUT2D eigenvalue weighted by atomic mass is 16.5. The molecule has 3 unspecified atom stereocenters. The third kappa shape index (κ3) is 5.23. The molecule has 6 aliphatic heterocycles. The first kappa shape index (κ1) is 46.5. The Balaban J connectivity index is 0.000000107. The molecule has 15 rings (SSSR count). The average molecular weight is 960 g/mol. The Hall–Kier alpha value is -4.55. The molecule has 0 amide bonds. The molecule has 12 aliphatic rings. The molecule has 15 heteroatoms. The molecule has 12 atom stereocenters. The molecule has 6 bridgehead atoms. The molecule has 3 spiro atoms. The second kappa shape index (κ2) is 15.2. The summed E-state index contributed by atoms with van der Waals surface area (Å²) in [6.45, 7) is 2.17. The summed E-state index contributed by atoms with van der Waals surface area (Å²) in [7, 11) is 6.15. The van der Waals surface area contributed by atoms with E-state index >= 15 is 0 Å². The van der Waals surface area contributed by atoms with Crippen LogP contribution >= 0.6 is 0 Å². The number of carbonyl (C=O) groups excluding carboxylic acids is 3. The van der Waals surface area contributed by atoms with Crippen LogP contribution in [0.25, 0.3) is 0 Å². The van der Waals surface area contributed by atoms with E-state index in [0.717, 1.165) is 96.2 Å². The molecule has 3 aromatic rings. The minimum atomic E-state index is -1.11. The van der Waals surface area contributed by atoms with Crippen molar-refractivity contribution in [2.45, 2.75) is 161 Å². The van der Waals surface area contributed by atoms with E-state index in [1.165, 1.54) is 6.08 Å². The lowest BCUT2D eigenvalue weighted by Crippen LogP contribution is -2.76. The monoisotopic (exact) mass is 959 g/mol. The number of likely N-dealkylation sites (tertiary alicyclic amines) is 3. The minimum absolute atomic E-state index is 0. The van der Waals surface area contributed by atoms with Crippen molar-refractivity contribution in [1.82, 2.24) is 14.7 Å². The van der Waals surface area contributed by atoms with E-state index in [4.69, 9.17) is 14.2 Å². The third-order valence-electron chi connectivity index (χ3n) is 20.0. The van der Waals surface area contributed by atoms with Gasteiger partial charge < -0.3 is 54.6 Å². The van der Waals surface area contributed by atoms with Crippen LogP contribution in [0.3, 0.4) is 0 Å². The summed E-state index contributed by atoms with van der Waals surface area (Å²) in [6.07, 6.45) is 7.41. The van der Waals surface area contributed by atoms with Crippen LogP contribution < -0.4 is 14.2 Å². The first-order valence-electron chi connectivity index (χ1n) is 24.9. The summed E-state index contributed by atoms with van der Waals surface area (Å²) in [5.41, 5.74) is 3.63. The number of nitrogens with zero attached hydrogens (tertiary/aromatic N) is 3. The van der Waals surface area contributed by atoms with Crippen molar-refractivity contribution in [3.63, 3.8) is 0 Å². The SMILES string of the molecule is C.CN1CC[C@]23c4c5ccc(CO)c4OC2C(=O)C=C[C@@]3(O)[C@H]1C5.CN1CC[C@]23c4c5ccc(CO)c4OC2C(=O)CC[C@@]3(O)[C@H]1C5.CN1CC[C@]23c4c5ccc(CO)c4OC2C(=O)CC[C@@]3(O)[C@H]1C5. The van der Waals surface area contributed by atoms with E-state index < -0.39 is 51.4 Å². The number of aliphatic hydroxyl groups is 6. The fraction of sp³-hybridized carbons (Fsp3) is 0.582. The molecule has 0 radical (unpaired) electrons. The fourth-order valence-electron chi connectivity index (χ4n) is 16.8. The van der Waals surface area contributed by atoms with Gasteiger partial charge in [-0.3, -0.25) is 19.3 Å². The predicted octanol–water partition coefficient (Wildman–Crippen LogP) is 2.01. The van der Waals surface area contributed by atoms with E-state index in [-0.39, 0.29) is 62.7 Å². The van der Waals surface area contributed by atoms with Crippen molar-refractivity contribution in [2.75, 3.05) is 40.8 Å². The van der Waals surface area contributed by atoms with E-state index in [1.54, 1.807) is 6.08 Å². The highest BCUT2D eigenvalue weighted by molar-refractivity contribution is 5.99. The third-order valence-corrected chi connectivity index (χ3v) is 20.0. The van der Waals surface area contributed by atoms with Gasteiger partial charge in [-0.15, -0.1) is 0 Å². The lowest BCUT2D eigenvalue weighted by molar-refractivity contribution is -0.185. The van der Waals surface area contributed by atoms with Crippen molar-refractivity contribution < 1.29 is 59.2 Å². The Labute approximate surface area is 407 Å². The zero-order valence-corrected chi connectivity index (χ0v) is 39.4. The molecule has 3 saturated heterocycles. The van der Waals surface area contributed by atoms with E-state index in [2.05, 4.69) is 28.8 Å². The Morgan fingerprint density at radius 2 is 0.900 bits per heavy atom. The number of piperidine rings is 3. The highest BCUT2D eigenvalue weighted by Crippen LogP contribution is 2.66. The van der Waals surface area contributed by atoms with Gasteiger partial charge in [0.15, 0.2) is 35.7 Å². The number of benzene rings is 3. The van der Waals surface area contributed by atoms with E-state index in [9.17, 15) is 45.0 Å². The van der Waals surface area contributed by atoms with Crippen molar-refractivity contribution in [2.24, 2.45) is 0 Å². The van der Waals surface area contributed by atoms with Gasteiger partial charge in [0.25, 0.3) is 0 Å². The van der Waals surface area contributed by atoms with Gasteiger partial charge in [-0.2, -0.15) is 0 Å². The molecule has 372 valence electrons. The standard InChI is InChI=1S/2C18H21NO4.C18H19NO4.CH4/c3*1-19-7-6-17-14-10-2-3-11(9-20)15(14)23-16(17)12(21)4-5-18(17,22)13(19)8-10;/h2*2-3,13,16,20,22H,4-9H2,1H3;2-5,13,16,20,22H,6-9H2,1H3;1H4/t3*13-,16?,17+,18-;/m111./s1. The number of Topliss-reactive ketones (excluding diaryl/α,β-unsaturated/α-hetero) is 2. The Morgan fingerprint density at radius 1 is 0.529 bits per heavy atom. The average Bonchev–Trinajstić information content (AvgIpc) is 4.02. The molecule has 5 fully saturated rings. The van der Waals surface area contributed by atoms with Gasteiger partial charge in [0, 0.05) is 64.3 Å². The highest BCUT2D eigenvalue weighted by Gasteiger charge is 2.75. The summed E-state index contributed by atoms with van der Waals surface area (Å²) in [6, 6.07) is 11.8. The number of hydrogen-bond donors (Lipinski definition) is 6. The largest absolute Gasteiger partial charge is 0.481 e. The van der Waals surface area contributed by atoms with Crippen LogP contribution in [0.15, 0.2) is 48.6 Å². The zero-order valence-electron chi connectivity index (χ0n) is 39.4. The van der Waals surface area contributed by atoms with Crippen LogP contribution in [0.5, 0.6) is 17.2 Å². The minimum Gasteiger partial charge on any atom is -0.481 e. The number of likely N-dealkylation sites (N-methyl/N-ethyl adjacent to an activating group) is 3. The molecule has 6 heterocycles. The van der Waals surface area contributed by atoms with Crippen molar-refractivity contribution >= 4 is 17.3 Å². The first-order chi connectivity index (χ1) is 33.1. The molecule has 6 aliphatic carbocycles. The van der Waals surface area contributed by atoms with Crippen LogP contribution in [0.2, 0.25) is 0 Å². The van der Waals surface area contributed by atoms with E-state index in [1.807, 2.05) is 43.4 Å². The molecular formula is C55H65N3O12. The van der Waals surface area contributed by atoms with Crippen LogP contribution in [-0.2, 0) is 69.7 Å². The maximum absolute atomic E-state index is 12.6. The molecule has 70 heavy (non-hydrogen) atoms. The number of ketones is 3. The lowest BCUT2D eigenvalue weighted by atomic mass is 9.49.